The van der Waals surface area contributed by atoms with Gasteiger partial charge in [-0.1, -0.05) is 57.2 Å². The second-order valence-corrected chi connectivity index (χ2v) is 7.17. The number of rotatable bonds is 3. The van der Waals surface area contributed by atoms with E-state index in [1.54, 1.807) is 0 Å². The number of hydrogen-bond donors (Lipinski definition) is 0. The molecule has 1 aromatic heterocycles. The lowest BCUT2D eigenvalue weighted by atomic mass is 9.87. The number of aromatic nitrogens is 4. The summed E-state index contributed by atoms with van der Waals surface area (Å²) in [5, 5.41) is 12.0. The Hall–Kier alpha value is -2.70. The predicted octanol–water partition coefficient (Wildman–Crippen LogP) is 4.70. The molecule has 0 bridgehead atoms. The summed E-state index contributed by atoms with van der Waals surface area (Å²) in [6, 6.07) is 13.0. The lowest BCUT2D eigenvalue weighted by Gasteiger charge is -2.19. The van der Waals surface area contributed by atoms with Crippen LogP contribution in [-0.2, 0) is 18.1 Å². The van der Waals surface area contributed by atoms with E-state index in [1.807, 2.05) is 12.1 Å². The molecule has 1 heterocycles. The Labute approximate surface area is 149 Å². The zero-order valence-corrected chi connectivity index (χ0v) is 14.7. The molecule has 3 aromatic rings. The van der Waals surface area contributed by atoms with Crippen LogP contribution >= 0.6 is 0 Å². The summed E-state index contributed by atoms with van der Waals surface area (Å²) in [7, 11) is 0. The average Bonchev–Trinajstić information content (AvgIpc) is 3.02. The van der Waals surface area contributed by atoms with Crippen molar-refractivity contribution in [2.45, 2.75) is 38.9 Å². The zero-order chi connectivity index (χ0) is 18.9. The fourth-order valence-electron chi connectivity index (χ4n) is 2.53. The molecule has 0 saturated carbocycles. The van der Waals surface area contributed by atoms with Crippen LogP contribution in [0.4, 0.5) is 13.2 Å². The molecule has 2 aromatic carbocycles. The number of halogens is 3. The van der Waals surface area contributed by atoms with E-state index < -0.39 is 11.7 Å². The van der Waals surface area contributed by atoms with Crippen LogP contribution in [0.3, 0.4) is 0 Å². The zero-order valence-electron chi connectivity index (χ0n) is 14.7. The lowest BCUT2D eigenvalue weighted by molar-refractivity contribution is -0.137. The van der Waals surface area contributed by atoms with Crippen molar-refractivity contribution in [2.24, 2.45) is 0 Å². The number of alkyl halides is 3. The molecular weight excluding hydrogens is 341 g/mol. The summed E-state index contributed by atoms with van der Waals surface area (Å²) in [5.74, 6) is 0.169. The van der Waals surface area contributed by atoms with Crippen molar-refractivity contribution >= 4 is 0 Å². The molecule has 0 unspecified atom stereocenters. The van der Waals surface area contributed by atoms with Gasteiger partial charge in [0.1, 0.15) is 0 Å². The first kappa shape index (κ1) is 18.1. The van der Waals surface area contributed by atoms with Crippen LogP contribution in [0.5, 0.6) is 0 Å². The van der Waals surface area contributed by atoms with E-state index in [4.69, 9.17) is 0 Å². The fraction of sp³-hybridized carbons (Fsp3) is 0.316. The SMILES string of the molecule is CC(C)(C)c1ccc(Cn2nnc(-c3cccc(C(F)(F)F)c3)n2)cc1. The number of nitrogens with zero attached hydrogens (tertiary/aromatic N) is 4. The van der Waals surface area contributed by atoms with Gasteiger partial charge in [-0.3, -0.25) is 0 Å². The Kier molecular flexibility index (Phi) is 4.56. The highest BCUT2D eigenvalue weighted by Gasteiger charge is 2.30. The molecule has 3 rings (SSSR count). The van der Waals surface area contributed by atoms with Gasteiger partial charge in [0.2, 0.25) is 5.82 Å². The minimum Gasteiger partial charge on any atom is -0.166 e. The average molecular weight is 360 g/mol. The highest BCUT2D eigenvalue weighted by molar-refractivity contribution is 5.55. The lowest BCUT2D eigenvalue weighted by Crippen LogP contribution is -2.11. The van der Waals surface area contributed by atoms with Gasteiger partial charge in [0.25, 0.3) is 0 Å². The first-order chi connectivity index (χ1) is 12.1. The first-order valence-electron chi connectivity index (χ1n) is 8.18. The number of tetrazole rings is 1. The second-order valence-electron chi connectivity index (χ2n) is 7.17. The molecule has 26 heavy (non-hydrogen) atoms. The molecule has 4 nitrogen and oxygen atoms in total. The quantitative estimate of drug-likeness (QED) is 0.680. The van der Waals surface area contributed by atoms with E-state index in [0.717, 1.165) is 17.7 Å². The molecule has 7 heteroatoms. The Morgan fingerprint density at radius 1 is 0.923 bits per heavy atom. The third kappa shape index (κ3) is 4.09. The van der Waals surface area contributed by atoms with Gasteiger partial charge in [0.15, 0.2) is 0 Å². The molecular formula is C19H19F3N4. The van der Waals surface area contributed by atoms with E-state index in [9.17, 15) is 13.2 Å². The summed E-state index contributed by atoms with van der Waals surface area (Å²) in [4.78, 5) is 1.38. The maximum atomic E-state index is 12.8. The molecule has 136 valence electrons. The van der Waals surface area contributed by atoms with Crippen LogP contribution in [0.1, 0.15) is 37.5 Å². The highest BCUT2D eigenvalue weighted by Crippen LogP contribution is 2.31. The van der Waals surface area contributed by atoms with Crippen LogP contribution < -0.4 is 0 Å². The molecule has 0 N–H and O–H groups in total. The van der Waals surface area contributed by atoms with Gasteiger partial charge in [-0.2, -0.15) is 18.0 Å². The van der Waals surface area contributed by atoms with Gasteiger partial charge in [-0.05, 0) is 33.9 Å². The Morgan fingerprint density at radius 3 is 2.23 bits per heavy atom. The maximum Gasteiger partial charge on any atom is 0.416 e. The molecule has 0 aliphatic rings. The van der Waals surface area contributed by atoms with Gasteiger partial charge in [0.05, 0.1) is 12.1 Å². The van der Waals surface area contributed by atoms with E-state index in [2.05, 4.69) is 48.3 Å². The van der Waals surface area contributed by atoms with Crippen LogP contribution in [0, 0.1) is 0 Å². The molecule has 0 aliphatic carbocycles. The highest BCUT2D eigenvalue weighted by atomic mass is 19.4. The van der Waals surface area contributed by atoms with E-state index in [1.165, 1.54) is 22.5 Å². The van der Waals surface area contributed by atoms with Gasteiger partial charge in [-0.15, -0.1) is 10.2 Å². The van der Waals surface area contributed by atoms with Crippen molar-refractivity contribution < 1.29 is 13.2 Å². The monoisotopic (exact) mass is 360 g/mol. The molecule has 0 amide bonds. The van der Waals surface area contributed by atoms with Crippen molar-refractivity contribution in [1.29, 1.82) is 0 Å². The summed E-state index contributed by atoms with van der Waals surface area (Å²) >= 11 is 0. The van der Waals surface area contributed by atoms with Gasteiger partial charge < -0.3 is 0 Å². The van der Waals surface area contributed by atoms with E-state index in [0.29, 0.717) is 6.54 Å². The number of benzene rings is 2. The molecule has 0 fully saturated rings. The maximum absolute atomic E-state index is 12.8. The van der Waals surface area contributed by atoms with Crippen molar-refractivity contribution in [3.8, 4) is 11.4 Å². The smallest absolute Gasteiger partial charge is 0.166 e. The molecule has 0 spiro atoms. The topological polar surface area (TPSA) is 43.6 Å². The van der Waals surface area contributed by atoms with Crippen molar-refractivity contribution in [1.82, 2.24) is 20.2 Å². The molecule has 0 atom stereocenters. The third-order valence-electron chi connectivity index (χ3n) is 4.04. The van der Waals surface area contributed by atoms with Gasteiger partial charge in [0, 0.05) is 5.56 Å². The normalized spacial score (nSPS) is 12.4. The third-order valence-corrected chi connectivity index (χ3v) is 4.04. The Bertz CT molecular complexity index is 890. The van der Waals surface area contributed by atoms with Crippen molar-refractivity contribution in [3.05, 3.63) is 65.2 Å². The summed E-state index contributed by atoms with van der Waals surface area (Å²) in [6.45, 7) is 6.82. The van der Waals surface area contributed by atoms with Crippen molar-refractivity contribution in [3.63, 3.8) is 0 Å². The number of hydrogen-bond acceptors (Lipinski definition) is 3. The standard InChI is InChI=1S/C19H19F3N4/c1-18(2,3)15-9-7-13(8-10-15)12-26-24-17(23-25-26)14-5-4-6-16(11-14)19(20,21)22/h4-11H,12H2,1-3H3. The molecule has 0 radical (unpaired) electrons. The van der Waals surface area contributed by atoms with Crippen molar-refractivity contribution in [2.75, 3.05) is 0 Å². The summed E-state index contributed by atoms with van der Waals surface area (Å²) < 4.78 is 38.5. The second kappa shape index (κ2) is 6.55. The van der Waals surface area contributed by atoms with E-state index >= 15 is 0 Å². The van der Waals surface area contributed by atoms with Gasteiger partial charge in [-0.25, -0.2) is 0 Å². The summed E-state index contributed by atoms with van der Waals surface area (Å²) in [6.07, 6.45) is -4.40. The first-order valence-corrected chi connectivity index (χ1v) is 8.18. The Morgan fingerprint density at radius 2 is 1.62 bits per heavy atom. The van der Waals surface area contributed by atoms with Crippen LogP contribution in [0.2, 0.25) is 0 Å². The van der Waals surface area contributed by atoms with Crippen LogP contribution in [-0.4, -0.2) is 20.2 Å². The largest absolute Gasteiger partial charge is 0.416 e. The molecule has 0 saturated heterocycles. The van der Waals surface area contributed by atoms with E-state index in [-0.39, 0.29) is 16.8 Å². The minimum atomic E-state index is -4.40. The minimum absolute atomic E-state index is 0.0701. The van der Waals surface area contributed by atoms with Crippen LogP contribution in [0.25, 0.3) is 11.4 Å². The Balaban J connectivity index is 1.78. The fourth-order valence-corrected chi connectivity index (χ4v) is 2.53. The summed E-state index contributed by atoms with van der Waals surface area (Å²) in [5.41, 5.74) is 1.84. The predicted molar refractivity (Wildman–Crippen MR) is 92.5 cm³/mol. The van der Waals surface area contributed by atoms with Crippen LogP contribution in [0.15, 0.2) is 48.5 Å². The molecule has 0 aliphatic heterocycles. The van der Waals surface area contributed by atoms with Gasteiger partial charge >= 0.3 is 6.18 Å².